The molecule has 0 spiro atoms. The zero-order chi connectivity index (χ0) is 12.7. The van der Waals surface area contributed by atoms with Gasteiger partial charge in [-0.15, -0.1) is 0 Å². The van der Waals surface area contributed by atoms with Gasteiger partial charge < -0.3 is 15.2 Å². The molecule has 2 N–H and O–H groups in total. The Kier molecular flexibility index (Phi) is 5.42. The average Bonchev–Trinajstić information content (AvgIpc) is 2.29. The third kappa shape index (κ3) is 4.03. The van der Waals surface area contributed by atoms with Crippen LogP contribution in [0.4, 0.5) is 4.39 Å². The van der Waals surface area contributed by atoms with Gasteiger partial charge in [0.15, 0.2) is 18.2 Å². The lowest BCUT2D eigenvalue weighted by Crippen LogP contribution is -2.16. The van der Waals surface area contributed by atoms with Crippen LogP contribution in [-0.4, -0.2) is 25.7 Å². The van der Waals surface area contributed by atoms with Crippen molar-refractivity contribution in [3.8, 4) is 5.75 Å². The van der Waals surface area contributed by atoms with E-state index in [4.69, 9.17) is 15.2 Å². The second-order valence-electron chi connectivity index (χ2n) is 3.36. The molecule has 0 aliphatic heterocycles. The number of para-hydroxylation sites is 1. The van der Waals surface area contributed by atoms with Crippen molar-refractivity contribution in [2.75, 3.05) is 19.8 Å². The summed E-state index contributed by atoms with van der Waals surface area (Å²) >= 11 is 0. The number of carbonyl (C=O) groups is 1. The first-order valence-corrected chi connectivity index (χ1v) is 5.45. The van der Waals surface area contributed by atoms with Crippen LogP contribution >= 0.6 is 0 Å². The summed E-state index contributed by atoms with van der Waals surface area (Å²) in [6, 6.07) is 4.58. The van der Waals surface area contributed by atoms with E-state index in [-0.39, 0.29) is 19.0 Å². The predicted molar refractivity (Wildman–Crippen MR) is 61.3 cm³/mol. The molecule has 94 valence electrons. The molecular weight excluding hydrogens is 225 g/mol. The van der Waals surface area contributed by atoms with Crippen molar-refractivity contribution in [3.63, 3.8) is 0 Å². The molecule has 0 fully saturated rings. The van der Waals surface area contributed by atoms with Gasteiger partial charge in [-0.3, -0.25) is 0 Å². The Labute approximate surface area is 99.5 Å². The topological polar surface area (TPSA) is 61.5 Å². The summed E-state index contributed by atoms with van der Waals surface area (Å²) in [5.41, 5.74) is 6.06. The van der Waals surface area contributed by atoms with Gasteiger partial charge in [-0.2, -0.15) is 0 Å². The van der Waals surface area contributed by atoms with Gasteiger partial charge in [0.2, 0.25) is 0 Å². The standard InChI is InChI=1S/C12H16FNO3/c1-2-16-11(15)8-17-12-9(6-7-14)4-3-5-10(12)13/h3-5H,2,6-8,14H2,1H3. The third-order valence-electron chi connectivity index (χ3n) is 2.10. The van der Waals surface area contributed by atoms with E-state index in [0.717, 1.165) is 0 Å². The highest BCUT2D eigenvalue weighted by Crippen LogP contribution is 2.22. The second-order valence-corrected chi connectivity index (χ2v) is 3.36. The van der Waals surface area contributed by atoms with Gasteiger partial charge in [0.1, 0.15) is 0 Å². The number of nitrogens with two attached hydrogens (primary N) is 1. The number of hydrogen-bond acceptors (Lipinski definition) is 4. The summed E-state index contributed by atoms with van der Waals surface area (Å²) < 4.78 is 23.3. The zero-order valence-corrected chi connectivity index (χ0v) is 9.74. The molecule has 0 unspecified atom stereocenters. The Hall–Kier alpha value is -1.62. The van der Waals surface area contributed by atoms with Gasteiger partial charge in [-0.05, 0) is 31.5 Å². The molecule has 1 rings (SSSR count). The van der Waals surface area contributed by atoms with Crippen LogP contribution in [0.2, 0.25) is 0 Å². The quantitative estimate of drug-likeness (QED) is 0.762. The van der Waals surface area contributed by atoms with Gasteiger partial charge in [0.25, 0.3) is 0 Å². The van der Waals surface area contributed by atoms with E-state index >= 15 is 0 Å². The summed E-state index contributed by atoms with van der Waals surface area (Å²) in [6.45, 7) is 2.06. The van der Waals surface area contributed by atoms with E-state index in [9.17, 15) is 9.18 Å². The van der Waals surface area contributed by atoms with Crippen LogP contribution in [0.1, 0.15) is 12.5 Å². The summed E-state index contributed by atoms with van der Waals surface area (Å²) in [6.07, 6.45) is 0.496. The van der Waals surface area contributed by atoms with Crippen molar-refractivity contribution in [1.82, 2.24) is 0 Å². The van der Waals surface area contributed by atoms with E-state index in [0.29, 0.717) is 18.5 Å². The monoisotopic (exact) mass is 241 g/mol. The smallest absolute Gasteiger partial charge is 0.344 e. The Morgan fingerprint density at radius 3 is 2.88 bits per heavy atom. The maximum Gasteiger partial charge on any atom is 0.344 e. The van der Waals surface area contributed by atoms with Crippen LogP contribution in [-0.2, 0) is 16.0 Å². The van der Waals surface area contributed by atoms with Crippen LogP contribution in [0.25, 0.3) is 0 Å². The lowest BCUT2D eigenvalue weighted by molar-refractivity contribution is -0.145. The van der Waals surface area contributed by atoms with Crippen molar-refractivity contribution in [2.45, 2.75) is 13.3 Å². The molecule has 0 saturated heterocycles. The normalized spacial score (nSPS) is 10.1. The van der Waals surface area contributed by atoms with Gasteiger partial charge in [0, 0.05) is 0 Å². The molecule has 0 aliphatic rings. The van der Waals surface area contributed by atoms with E-state index in [1.165, 1.54) is 6.07 Å². The fourth-order valence-corrected chi connectivity index (χ4v) is 1.40. The zero-order valence-electron chi connectivity index (χ0n) is 9.74. The number of esters is 1. The number of carbonyl (C=O) groups excluding carboxylic acids is 1. The Balaban J connectivity index is 2.71. The minimum atomic E-state index is -0.519. The lowest BCUT2D eigenvalue weighted by Gasteiger charge is -2.11. The molecule has 0 atom stereocenters. The first kappa shape index (κ1) is 13.4. The highest BCUT2D eigenvalue weighted by Gasteiger charge is 2.11. The van der Waals surface area contributed by atoms with E-state index < -0.39 is 11.8 Å². The molecule has 1 aromatic carbocycles. The van der Waals surface area contributed by atoms with Crippen molar-refractivity contribution >= 4 is 5.97 Å². The Bertz CT molecular complexity index is 382. The van der Waals surface area contributed by atoms with Gasteiger partial charge in [-0.1, -0.05) is 12.1 Å². The molecule has 0 aromatic heterocycles. The number of rotatable bonds is 6. The maximum atomic E-state index is 13.5. The first-order chi connectivity index (χ1) is 8.19. The van der Waals surface area contributed by atoms with Crippen molar-refractivity contribution < 1.29 is 18.7 Å². The van der Waals surface area contributed by atoms with Crippen LogP contribution in [0, 0.1) is 5.82 Å². The predicted octanol–water partition coefficient (Wildman–Crippen LogP) is 1.27. The van der Waals surface area contributed by atoms with Crippen molar-refractivity contribution in [3.05, 3.63) is 29.6 Å². The molecule has 1 aromatic rings. The number of ether oxygens (including phenoxy) is 2. The average molecular weight is 241 g/mol. The molecule has 4 nitrogen and oxygen atoms in total. The van der Waals surface area contributed by atoms with Crippen molar-refractivity contribution in [1.29, 1.82) is 0 Å². The van der Waals surface area contributed by atoms with Crippen LogP contribution in [0.3, 0.4) is 0 Å². The molecule has 5 heteroatoms. The molecule has 0 radical (unpaired) electrons. The maximum absolute atomic E-state index is 13.5. The molecule has 0 saturated carbocycles. The number of halogens is 1. The number of benzene rings is 1. The first-order valence-electron chi connectivity index (χ1n) is 5.45. The Morgan fingerprint density at radius 2 is 2.24 bits per heavy atom. The molecule has 0 amide bonds. The van der Waals surface area contributed by atoms with Crippen LogP contribution in [0.15, 0.2) is 18.2 Å². The second kappa shape index (κ2) is 6.85. The lowest BCUT2D eigenvalue weighted by atomic mass is 10.1. The summed E-state index contributed by atoms with van der Waals surface area (Å²) in [4.78, 5) is 11.1. The highest BCUT2D eigenvalue weighted by atomic mass is 19.1. The van der Waals surface area contributed by atoms with Gasteiger partial charge in [-0.25, -0.2) is 9.18 Å². The molecule has 0 heterocycles. The minimum Gasteiger partial charge on any atom is -0.479 e. The molecule has 0 aliphatic carbocycles. The minimum absolute atomic E-state index is 0.0750. The summed E-state index contributed by atoms with van der Waals surface area (Å²) in [5.74, 6) is -0.944. The van der Waals surface area contributed by atoms with E-state index in [2.05, 4.69) is 0 Å². The van der Waals surface area contributed by atoms with E-state index in [1.54, 1.807) is 19.1 Å². The Morgan fingerprint density at radius 1 is 1.47 bits per heavy atom. The summed E-state index contributed by atoms with van der Waals surface area (Å²) in [7, 11) is 0. The summed E-state index contributed by atoms with van der Waals surface area (Å²) in [5, 5.41) is 0. The van der Waals surface area contributed by atoms with Crippen LogP contribution < -0.4 is 10.5 Å². The fourth-order valence-electron chi connectivity index (χ4n) is 1.40. The largest absolute Gasteiger partial charge is 0.479 e. The van der Waals surface area contributed by atoms with Gasteiger partial charge in [0.05, 0.1) is 6.61 Å². The van der Waals surface area contributed by atoms with E-state index in [1.807, 2.05) is 0 Å². The highest BCUT2D eigenvalue weighted by molar-refractivity contribution is 5.71. The fraction of sp³-hybridized carbons (Fsp3) is 0.417. The number of hydrogen-bond donors (Lipinski definition) is 1. The van der Waals surface area contributed by atoms with Gasteiger partial charge >= 0.3 is 5.97 Å². The third-order valence-corrected chi connectivity index (χ3v) is 2.10. The van der Waals surface area contributed by atoms with Crippen molar-refractivity contribution in [2.24, 2.45) is 5.73 Å². The SMILES string of the molecule is CCOC(=O)COc1c(F)cccc1CCN. The molecule has 17 heavy (non-hydrogen) atoms. The molecular formula is C12H16FNO3. The molecule has 0 bridgehead atoms. The van der Waals surface area contributed by atoms with Crippen LogP contribution in [0.5, 0.6) is 5.75 Å².